The van der Waals surface area contributed by atoms with Crippen LogP contribution in [0.2, 0.25) is 0 Å². The van der Waals surface area contributed by atoms with E-state index in [1.807, 2.05) is 0 Å². The van der Waals surface area contributed by atoms with Gasteiger partial charge in [0.2, 0.25) is 0 Å². The van der Waals surface area contributed by atoms with E-state index in [4.69, 9.17) is 5.73 Å². The first kappa shape index (κ1) is 12.4. The highest BCUT2D eigenvalue weighted by atomic mass is 15.1. The van der Waals surface area contributed by atoms with Gasteiger partial charge in [0.1, 0.15) is 0 Å². The molecule has 0 amide bonds. The maximum atomic E-state index is 5.63. The lowest BCUT2D eigenvalue weighted by atomic mass is 9.85. The summed E-state index contributed by atoms with van der Waals surface area (Å²) >= 11 is 0. The average Bonchev–Trinajstić information content (AvgIpc) is 2.39. The Morgan fingerprint density at radius 2 is 1.82 bits per heavy atom. The summed E-state index contributed by atoms with van der Waals surface area (Å²) in [4.78, 5) is 2.45. The Balaban J connectivity index is 2.09. The number of rotatable bonds is 3. The van der Waals surface area contributed by atoms with Crippen molar-refractivity contribution in [2.75, 3.05) is 11.9 Å². The van der Waals surface area contributed by atoms with E-state index >= 15 is 0 Å². The Morgan fingerprint density at radius 1 is 1.18 bits per heavy atom. The van der Waals surface area contributed by atoms with Gasteiger partial charge < -0.3 is 10.6 Å². The van der Waals surface area contributed by atoms with Crippen LogP contribution in [0.15, 0.2) is 24.3 Å². The molecule has 1 aromatic rings. The lowest BCUT2D eigenvalue weighted by Crippen LogP contribution is -2.38. The van der Waals surface area contributed by atoms with Crippen molar-refractivity contribution in [1.29, 1.82) is 0 Å². The minimum atomic E-state index is 0.629. The number of nitrogens with two attached hydrogens (primary N) is 1. The zero-order valence-corrected chi connectivity index (χ0v) is 11.0. The summed E-state index contributed by atoms with van der Waals surface area (Å²) in [6, 6.07) is 9.37. The molecule has 0 spiro atoms. The van der Waals surface area contributed by atoms with Gasteiger partial charge in [-0.25, -0.2) is 0 Å². The first-order valence-electron chi connectivity index (χ1n) is 6.74. The van der Waals surface area contributed by atoms with Crippen LogP contribution in [0.1, 0.15) is 38.2 Å². The summed E-state index contributed by atoms with van der Waals surface area (Å²) in [6.07, 6.45) is 5.48. The van der Waals surface area contributed by atoms with Crippen LogP contribution in [-0.2, 0) is 6.54 Å². The molecule has 1 aliphatic rings. The van der Waals surface area contributed by atoms with E-state index in [9.17, 15) is 0 Å². The van der Waals surface area contributed by atoms with Gasteiger partial charge in [-0.2, -0.15) is 0 Å². The third kappa shape index (κ3) is 2.81. The van der Waals surface area contributed by atoms with Crippen molar-refractivity contribution in [3.8, 4) is 0 Å². The van der Waals surface area contributed by atoms with E-state index in [1.54, 1.807) is 0 Å². The average molecular weight is 232 g/mol. The van der Waals surface area contributed by atoms with Gasteiger partial charge in [-0.05, 0) is 36.5 Å². The van der Waals surface area contributed by atoms with Crippen molar-refractivity contribution in [1.82, 2.24) is 0 Å². The molecule has 0 saturated heterocycles. The summed E-state index contributed by atoms with van der Waals surface area (Å²) in [5.41, 5.74) is 8.15. The summed E-state index contributed by atoms with van der Waals surface area (Å²) in [5.74, 6) is 0.808. The van der Waals surface area contributed by atoms with Crippen molar-refractivity contribution in [2.45, 2.75) is 45.2 Å². The Bertz CT molecular complexity index is 344. The summed E-state index contributed by atoms with van der Waals surface area (Å²) < 4.78 is 0. The van der Waals surface area contributed by atoms with E-state index in [1.165, 1.54) is 36.9 Å². The molecular weight excluding hydrogens is 208 g/mol. The van der Waals surface area contributed by atoms with Crippen LogP contribution in [0.25, 0.3) is 0 Å². The molecule has 0 aliphatic heterocycles. The van der Waals surface area contributed by atoms with Crippen LogP contribution >= 0.6 is 0 Å². The Kier molecular flexibility index (Phi) is 4.06. The monoisotopic (exact) mass is 232 g/mol. The van der Waals surface area contributed by atoms with E-state index in [2.05, 4.69) is 43.1 Å². The minimum absolute atomic E-state index is 0.629. The zero-order chi connectivity index (χ0) is 12.3. The molecule has 1 aliphatic carbocycles. The number of nitrogens with zero attached hydrogens (tertiary/aromatic N) is 1. The van der Waals surface area contributed by atoms with E-state index in [0.29, 0.717) is 12.6 Å². The van der Waals surface area contributed by atoms with Crippen LogP contribution < -0.4 is 10.6 Å². The molecule has 94 valence electrons. The van der Waals surface area contributed by atoms with E-state index < -0.39 is 0 Å². The van der Waals surface area contributed by atoms with Gasteiger partial charge in [0.25, 0.3) is 0 Å². The topological polar surface area (TPSA) is 29.3 Å². The number of hydrogen-bond acceptors (Lipinski definition) is 2. The molecule has 2 nitrogen and oxygen atoms in total. The summed E-state index contributed by atoms with van der Waals surface area (Å²) in [7, 11) is 2.23. The second kappa shape index (κ2) is 5.54. The van der Waals surface area contributed by atoms with Crippen LogP contribution in [0.3, 0.4) is 0 Å². The van der Waals surface area contributed by atoms with Gasteiger partial charge in [-0.3, -0.25) is 0 Å². The molecule has 2 rings (SSSR count). The Morgan fingerprint density at radius 3 is 2.41 bits per heavy atom. The number of hydrogen-bond donors (Lipinski definition) is 1. The normalized spacial score (nSPS) is 24.6. The number of anilines is 1. The Hall–Kier alpha value is -1.02. The third-order valence-electron chi connectivity index (χ3n) is 4.14. The number of benzene rings is 1. The fourth-order valence-corrected chi connectivity index (χ4v) is 2.93. The standard InChI is InChI=1S/C15H24N2/c1-12-5-3-4-6-15(12)17(2)14-9-7-13(11-16)8-10-14/h7-10,12,15H,3-6,11,16H2,1-2H3. The molecule has 1 saturated carbocycles. The molecule has 0 radical (unpaired) electrons. The van der Waals surface area contributed by atoms with Gasteiger partial charge in [-0.1, -0.05) is 31.9 Å². The Labute approximate surface area is 105 Å². The molecule has 1 aromatic carbocycles. The zero-order valence-electron chi connectivity index (χ0n) is 11.0. The maximum Gasteiger partial charge on any atom is 0.0366 e. The van der Waals surface area contributed by atoms with Crippen molar-refractivity contribution in [2.24, 2.45) is 11.7 Å². The quantitative estimate of drug-likeness (QED) is 0.867. The van der Waals surface area contributed by atoms with E-state index in [0.717, 1.165) is 5.92 Å². The van der Waals surface area contributed by atoms with Gasteiger partial charge in [0.05, 0.1) is 0 Å². The predicted octanol–water partition coefficient (Wildman–Crippen LogP) is 3.16. The molecule has 0 bridgehead atoms. The SMILES string of the molecule is CC1CCCCC1N(C)c1ccc(CN)cc1. The second-order valence-electron chi connectivity index (χ2n) is 5.31. The molecule has 1 fully saturated rings. The van der Waals surface area contributed by atoms with Gasteiger partial charge >= 0.3 is 0 Å². The summed E-state index contributed by atoms with van der Waals surface area (Å²) in [6.45, 7) is 3.01. The fourth-order valence-electron chi connectivity index (χ4n) is 2.93. The van der Waals surface area contributed by atoms with Crippen molar-refractivity contribution in [3.63, 3.8) is 0 Å². The van der Waals surface area contributed by atoms with Crippen molar-refractivity contribution in [3.05, 3.63) is 29.8 Å². The fraction of sp³-hybridized carbons (Fsp3) is 0.600. The second-order valence-corrected chi connectivity index (χ2v) is 5.31. The molecule has 2 heteroatoms. The van der Waals surface area contributed by atoms with Gasteiger partial charge in [0, 0.05) is 25.3 Å². The molecule has 2 unspecified atom stereocenters. The lowest BCUT2D eigenvalue weighted by molar-refractivity contribution is 0.321. The molecule has 2 N–H and O–H groups in total. The molecule has 0 heterocycles. The van der Waals surface area contributed by atoms with Gasteiger partial charge in [0.15, 0.2) is 0 Å². The van der Waals surface area contributed by atoms with Gasteiger partial charge in [-0.15, -0.1) is 0 Å². The highest BCUT2D eigenvalue weighted by Gasteiger charge is 2.24. The highest BCUT2D eigenvalue weighted by molar-refractivity contribution is 5.48. The molecule has 2 atom stereocenters. The van der Waals surface area contributed by atoms with Crippen LogP contribution in [0, 0.1) is 5.92 Å². The first-order chi connectivity index (χ1) is 8.22. The van der Waals surface area contributed by atoms with Crippen LogP contribution in [0.4, 0.5) is 5.69 Å². The minimum Gasteiger partial charge on any atom is -0.371 e. The van der Waals surface area contributed by atoms with E-state index in [-0.39, 0.29) is 0 Å². The highest BCUT2D eigenvalue weighted by Crippen LogP contribution is 2.30. The van der Waals surface area contributed by atoms with Crippen molar-refractivity contribution < 1.29 is 0 Å². The molecule has 0 aromatic heterocycles. The predicted molar refractivity (Wildman–Crippen MR) is 74.2 cm³/mol. The summed E-state index contributed by atoms with van der Waals surface area (Å²) in [5, 5.41) is 0. The third-order valence-corrected chi connectivity index (χ3v) is 4.14. The molecular formula is C15H24N2. The maximum absolute atomic E-state index is 5.63. The lowest BCUT2D eigenvalue weighted by Gasteiger charge is -2.37. The first-order valence-corrected chi connectivity index (χ1v) is 6.74. The molecule has 17 heavy (non-hydrogen) atoms. The van der Waals surface area contributed by atoms with Crippen LogP contribution in [0.5, 0.6) is 0 Å². The largest absolute Gasteiger partial charge is 0.371 e. The van der Waals surface area contributed by atoms with Crippen molar-refractivity contribution >= 4 is 5.69 Å². The van der Waals surface area contributed by atoms with Crippen LogP contribution in [-0.4, -0.2) is 13.1 Å². The smallest absolute Gasteiger partial charge is 0.0366 e.